The van der Waals surface area contributed by atoms with E-state index in [-0.39, 0.29) is 43.0 Å². The van der Waals surface area contributed by atoms with Crippen molar-refractivity contribution >= 4 is 40.9 Å². The first kappa shape index (κ1) is 35.4. The van der Waals surface area contributed by atoms with Crippen LogP contribution in [0.2, 0.25) is 0 Å². The zero-order valence-electron chi connectivity index (χ0n) is 27.1. The normalized spacial score (nSPS) is 17.2. The second-order valence-electron chi connectivity index (χ2n) is 12.6. The highest BCUT2D eigenvalue weighted by molar-refractivity contribution is 5.88. The molecule has 0 amide bonds. The molecule has 10 heteroatoms. The summed E-state index contributed by atoms with van der Waals surface area (Å²) >= 11 is 0. The lowest BCUT2D eigenvalue weighted by atomic mass is 9.72. The van der Waals surface area contributed by atoms with Crippen molar-refractivity contribution in [2.75, 3.05) is 18.5 Å². The first-order chi connectivity index (χ1) is 22.8. The number of unbranched alkanes of at least 4 members (excludes halogenated alkanes) is 3. The van der Waals surface area contributed by atoms with Crippen LogP contribution in [0.3, 0.4) is 0 Å². The molecule has 1 heterocycles. The van der Waals surface area contributed by atoms with Crippen LogP contribution in [0.25, 0.3) is 16.8 Å². The SMILES string of the molecule is NC(N)=NC/C(=C\C(=O)O)[C@@H](C[C@@H]1C=Cc2cc3ccc(CC=O)cc3cc2[C@H]1CCC[C@H](N)CCCCCCO)Nc1ccc[nH]1. The Morgan fingerprint density at radius 3 is 2.57 bits per heavy atom. The van der Waals surface area contributed by atoms with Gasteiger partial charge in [0.25, 0.3) is 0 Å². The maximum Gasteiger partial charge on any atom is 0.328 e. The number of nitrogens with one attached hydrogen (secondary N) is 2. The first-order valence-corrected chi connectivity index (χ1v) is 16.7. The molecule has 1 aliphatic carbocycles. The van der Waals surface area contributed by atoms with Gasteiger partial charge in [-0.25, -0.2) is 9.79 Å². The maximum atomic E-state index is 11.9. The van der Waals surface area contributed by atoms with E-state index in [2.05, 4.69) is 51.7 Å². The number of hydrogen-bond donors (Lipinski definition) is 7. The molecule has 10 nitrogen and oxygen atoms in total. The molecule has 252 valence electrons. The number of fused-ring (bicyclic) bond motifs is 2. The molecular formula is C37H50N6O4. The van der Waals surface area contributed by atoms with Crippen LogP contribution in [-0.4, -0.2) is 58.6 Å². The Balaban J connectivity index is 1.64. The number of rotatable bonds is 20. The van der Waals surface area contributed by atoms with Crippen LogP contribution < -0.4 is 22.5 Å². The predicted molar refractivity (Wildman–Crippen MR) is 190 cm³/mol. The molecular weight excluding hydrogens is 592 g/mol. The number of aliphatic imine (C=N–C) groups is 1. The summed E-state index contributed by atoms with van der Waals surface area (Å²) in [6.45, 7) is 0.295. The third-order valence-electron chi connectivity index (χ3n) is 9.07. The number of aliphatic hydroxyl groups is 1. The van der Waals surface area contributed by atoms with Crippen molar-refractivity contribution in [2.45, 2.75) is 82.2 Å². The average Bonchev–Trinajstić information content (AvgIpc) is 3.56. The van der Waals surface area contributed by atoms with Crippen molar-refractivity contribution < 1.29 is 19.8 Å². The topological polar surface area (TPSA) is 193 Å². The monoisotopic (exact) mass is 642 g/mol. The molecule has 0 saturated carbocycles. The van der Waals surface area contributed by atoms with Gasteiger partial charge in [-0.1, -0.05) is 62.1 Å². The summed E-state index contributed by atoms with van der Waals surface area (Å²) in [6.07, 6.45) is 17.1. The van der Waals surface area contributed by atoms with Gasteiger partial charge in [-0.2, -0.15) is 0 Å². The van der Waals surface area contributed by atoms with E-state index in [1.54, 1.807) is 0 Å². The van der Waals surface area contributed by atoms with Crippen molar-refractivity contribution in [2.24, 2.45) is 28.1 Å². The molecule has 1 aliphatic rings. The highest BCUT2D eigenvalue weighted by Crippen LogP contribution is 2.42. The lowest BCUT2D eigenvalue weighted by Crippen LogP contribution is -2.31. The number of H-pyrrole nitrogens is 1. The van der Waals surface area contributed by atoms with E-state index in [0.29, 0.717) is 18.4 Å². The van der Waals surface area contributed by atoms with E-state index in [1.165, 1.54) is 17.2 Å². The summed E-state index contributed by atoms with van der Waals surface area (Å²) in [4.78, 5) is 30.5. The number of carbonyl (C=O) groups is 2. The molecule has 0 fully saturated rings. The Morgan fingerprint density at radius 2 is 1.85 bits per heavy atom. The van der Waals surface area contributed by atoms with Crippen LogP contribution >= 0.6 is 0 Å². The minimum atomic E-state index is -1.06. The van der Waals surface area contributed by atoms with Gasteiger partial charge in [0.15, 0.2) is 5.96 Å². The minimum Gasteiger partial charge on any atom is -0.478 e. The van der Waals surface area contributed by atoms with Crippen LogP contribution in [0, 0.1) is 5.92 Å². The second-order valence-corrected chi connectivity index (χ2v) is 12.6. The van der Waals surface area contributed by atoms with Gasteiger partial charge in [0, 0.05) is 31.3 Å². The van der Waals surface area contributed by atoms with Crippen molar-refractivity contribution in [3.8, 4) is 0 Å². The lowest BCUT2D eigenvalue weighted by molar-refractivity contribution is -0.131. The number of aldehydes is 1. The molecule has 0 unspecified atom stereocenters. The number of benzene rings is 2. The van der Waals surface area contributed by atoms with E-state index in [0.717, 1.165) is 79.8 Å². The minimum absolute atomic E-state index is 0.0575. The van der Waals surface area contributed by atoms with Gasteiger partial charge < -0.3 is 42.5 Å². The van der Waals surface area contributed by atoms with Crippen molar-refractivity contribution in [3.63, 3.8) is 0 Å². The summed E-state index contributed by atoms with van der Waals surface area (Å²) in [7, 11) is 0. The number of carboxylic acid groups (broad SMARTS) is 1. The van der Waals surface area contributed by atoms with Crippen LogP contribution in [0.15, 0.2) is 71.4 Å². The summed E-state index contributed by atoms with van der Waals surface area (Å²) in [5.41, 5.74) is 21.8. The smallest absolute Gasteiger partial charge is 0.328 e. The fourth-order valence-electron chi connectivity index (χ4n) is 6.67. The van der Waals surface area contributed by atoms with Gasteiger partial charge in [0.05, 0.1) is 12.6 Å². The van der Waals surface area contributed by atoms with Crippen molar-refractivity contribution in [1.82, 2.24) is 4.98 Å². The molecule has 0 spiro atoms. The molecule has 4 atom stereocenters. The molecule has 0 bridgehead atoms. The summed E-state index contributed by atoms with van der Waals surface area (Å²) < 4.78 is 0. The number of nitrogens with zero attached hydrogens (tertiary/aromatic N) is 1. The van der Waals surface area contributed by atoms with Gasteiger partial charge in [-0.3, -0.25) is 0 Å². The van der Waals surface area contributed by atoms with E-state index in [4.69, 9.17) is 22.3 Å². The van der Waals surface area contributed by atoms with Crippen LogP contribution in [0.4, 0.5) is 5.82 Å². The highest BCUT2D eigenvalue weighted by atomic mass is 16.4. The number of aliphatic carboxylic acids is 1. The number of hydrogen-bond acceptors (Lipinski definition) is 6. The summed E-state index contributed by atoms with van der Waals surface area (Å²) in [5.74, 6) is -0.154. The van der Waals surface area contributed by atoms with Gasteiger partial charge >= 0.3 is 5.97 Å². The van der Waals surface area contributed by atoms with E-state index in [1.807, 2.05) is 24.4 Å². The Hall–Kier alpha value is -4.41. The van der Waals surface area contributed by atoms with Crippen molar-refractivity contribution in [3.05, 3.63) is 83.1 Å². The second kappa shape index (κ2) is 18.1. The number of aliphatic hydroxyl groups excluding tert-OH is 1. The lowest BCUT2D eigenvalue weighted by Gasteiger charge is -2.34. The van der Waals surface area contributed by atoms with E-state index < -0.39 is 5.97 Å². The average molecular weight is 643 g/mol. The molecule has 3 aromatic rings. The number of aromatic nitrogens is 1. The number of carboxylic acids is 1. The molecule has 4 rings (SSSR count). The standard InChI is InChI=1S/C37H50N6O4/c38-31(7-3-1-2-4-17-44)8-5-9-32-28(14-13-27-20-26-12-11-25(15-18-45)19-29(26)21-33(27)32)22-34(43-35-10-6-16-41-35)30(23-36(46)47)24-42-37(39)40/h6,10-14,16,18-21,23,28,31-32,34,41,43-44H,1-5,7-9,15,17,22,24,38H2,(H,46,47)(H4,39,40,42)/b30-23+/t28-,31+,32-,34+/m0/s1. The largest absolute Gasteiger partial charge is 0.478 e. The maximum absolute atomic E-state index is 11.9. The quantitative estimate of drug-likeness (QED) is 0.0286. The number of nitrogens with two attached hydrogens (primary N) is 3. The Bertz CT molecular complexity index is 1540. The van der Waals surface area contributed by atoms with Crippen LogP contribution in [0.1, 0.15) is 80.4 Å². The number of anilines is 1. The molecule has 1 aromatic heterocycles. The molecule has 0 aliphatic heterocycles. The van der Waals surface area contributed by atoms with Crippen LogP contribution in [-0.2, 0) is 16.0 Å². The molecule has 47 heavy (non-hydrogen) atoms. The number of aromatic amines is 1. The van der Waals surface area contributed by atoms with Crippen molar-refractivity contribution in [1.29, 1.82) is 0 Å². The third kappa shape index (κ3) is 10.8. The Kier molecular flexibility index (Phi) is 13.6. The molecule has 0 saturated heterocycles. The molecule has 2 aromatic carbocycles. The predicted octanol–water partition coefficient (Wildman–Crippen LogP) is 5.23. The summed E-state index contributed by atoms with van der Waals surface area (Å²) in [5, 5.41) is 24.5. The van der Waals surface area contributed by atoms with E-state index in [9.17, 15) is 14.7 Å². The Morgan fingerprint density at radius 1 is 1.04 bits per heavy atom. The van der Waals surface area contributed by atoms with Gasteiger partial charge in [-0.15, -0.1) is 0 Å². The van der Waals surface area contributed by atoms with Crippen LogP contribution in [0.5, 0.6) is 0 Å². The molecule has 10 N–H and O–H groups in total. The van der Waals surface area contributed by atoms with Gasteiger partial charge in [-0.05, 0) is 95.2 Å². The number of carbonyl (C=O) groups excluding carboxylic acids is 1. The fourth-order valence-corrected chi connectivity index (χ4v) is 6.67. The summed E-state index contributed by atoms with van der Waals surface area (Å²) in [6, 6.07) is 14.2. The zero-order valence-corrected chi connectivity index (χ0v) is 27.1. The Labute approximate surface area is 277 Å². The van der Waals surface area contributed by atoms with Gasteiger partial charge in [0.1, 0.15) is 12.1 Å². The fraction of sp³-hybridized carbons (Fsp3) is 0.432. The first-order valence-electron chi connectivity index (χ1n) is 16.7. The number of guanidine groups is 1. The number of allylic oxidation sites excluding steroid dienone is 1. The third-order valence-corrected chi connectivity index (χ3v) is 9.07. The zero-order chi connectivity index (χ0) is 33.6. The highest BCUT2D eigenvalue weighted by Gasteiger charge is 2.30. The molecule has 0 radical (unpaired) electrons. The van der Waals surface area contributed by atoms with Gasteiger partial charge in [0.2, 0.25) is 0 Å². The van der Waals surface area contributed by atoms with E-state index >= 15 is 0 Å².